The van der Waals surface area contributed by atoms with Crippen LogP contribution in [0.3, 0.4) is 0 Å². The van der Waals surface area contributed by atoms with E-state index >= 15 is 0 Å². The lowest BCUT2D eigenvalue weighted by atomic mass is 10.1. The molecule has 1 N–H and O–H groups in total. The third kappa shape index (κ3) is 2.56. The minimum atomic E-state index is -0.713. The first-order valence-corrected chi connectivity index (χ1v) is 8.94. The second kappa shape index (κ2) is 6.12. The highest BCUT2D eigenvalue weighted by Crippen LogP contribution is 2.57. The lowest BCUT2D eigenvalue weighted by Gasteiger charge is -2.08. The first-order valence-electron chi connectivity index (χ1n) is 8.94. The van der Waals surface area contributed by atoms with Crippen LogP contribution in [0.5, 0.6) is 5.88 Å². The number of fused-ring (bicyclic) bond motifs is 3. The molecule has 0 unspecified atom stereocenters. The summed E-state index contributed by atoms with van der Waals surface area (Å²) in [5.74, 6) is -0.764. The van der Waals surface area contributed by atoms with E-state index in [1.165, 1.54) is 23.9 Å². The van der Waals surface area contributed by atoms with Gasteiger partial charge in [0, 0.05) is 23.7 Å². The van der Waals surface area contributed by atoms with Gasteiger partial charge < -0.3 is 10.1 Å². The van der Waals surface area contributed by atoms with E-state index < -0.39 is 17.5 Å². The molecule has 2 heterocycles. The van der Waals surface area contributed by atoms with Crippen molar-refractivity contribution in [1.29, 1.82) is 0 Å². The molecular formula is C20H16F2N4O2. The molecule has 2 atom stereocenters. The second-order valence-corrected chi connectivity index (χ2v) is 7.04. The van der Waals surface area contributed by atoms with Crippen LogP contribution >= 0.6 is 0 Å². The van der Waals surface area contributed by atoms with E-state index in [1.54, 1.807) is 18.3 Å². The normalized spacial score (nSPS) is 19.1. The quantitative estimate of drug-likeness (QED) is 0.750. The Kier molecular flexibility index (Phi) is 3.68. The molecule has 3 aromatic rings. The highest BCUT2D eigenvalue weighted by atomic mass is 19.1. The van der Waals surface area contributed by atoms with E-state index in [2.05, 4.69) is 15.4 Å². The number of benzene rings is 1. The van der Waals surface area contributed by atoms with Crippen LogP contribution in [0.25, 0.3) is 5.69 Å². The Hall–Kier alpha value is -3.29. The van der Waals surface area contributed by atoms with Crippen molar-refractivity contribution >= 4 is 11.6 Å². The fourth-order valence-corrected chi connectivity index (χ4v) is 3.97. The number of rotatable bonds is 4. The molecule has 1 saturated carbocycles. The summed E-state index contributed by atoms with van der Waals surface area (Å²) in [6.45, 7) is 0. The fraction of sp³-hybridized carbons (Fsp3) is 0.250. The zero-order chi connectivity index (χ0) is 19.4. The van der Waals surface area contributed by atoms with Crippen molar-refractivity contribution in [3.63, 3.8) is 0 Å². The minimum Gasteiger partial charge on any atom is -0.480 e. The summed E-state index contributed by atoms with van der Waals surface area (Å²) in [5.41, 5.74) is 2.48. The molecular weight excluding hydrogens is 366 g/mol. The van der Waals surface area contributed by atoms with E-state index in [4.69, 9.17) is 4.74 Å². The van der Waals surface area contributed by atoms with Crippen molar-refractivity contribution in [2.24, 2.45) is 5.92 Å². The Bertz CT molecular complexity index is 1110. The average molecular weight is 382 g/mol. The molecule has 0 bridgehead atoms. The number of carbonyl (C=O) groups is 1. The standard InChI is InChI=1S/C20H16F2N4O2/c1-28-20-15(3-2-6-23-20)24-19(27)17-13-8-10-7-12(10)18(13)26(25-17)16-5-4-11(21)9-14(16)22/h2-6,9-10,12H,7-8H2,1H3,(H,24,27)/t10-,12-/m1/s1. The number of halogens is 2. The molecule has 2 aliphatic carbocycles. The lowest BCUT2D eigenvalue weighted by Crippen LogP contribution is -2.16. The first kappa shape index (κ1) is 16.9. The molecule has 142 valence electrons. The number of hydrogen-bond donors (Lipinski definition) is 1. The summed E-state index contributed by atoms with van der Waals surface area (Å²) in [5, 5.41) is 7.17. The number of aromatic nitrogens is 3. The fourth-order valence-electron chi connectivity index (χ4n) is 3.97. The number of pyridine rings is 1. The second-order valence-electron chi connectivity index (χ2n) is 7.04. The molecule has 28 heavy (non-hydrogen) atoms. The van der Waals surface area contributed by atoms with Gasteiger partial charge in [0.05, 0.1) is 12.8 Å². The van der Waals surface area contributed by atoms with Gasteiger partial charge in [0.2, 0.25) is 5.88 Å². The maximum atomic E-state index is 14.4. The topological polar surface area (TPSA) is 69.0 Å². The Balaban J connectivity index is 1.56. The number of ether oxygens (including phenoxy) is 1. The molecule has 8 heteroatoms. The Labute approximate surface area is 159 Å². The van der Waals surface area contributed by atoms with Crippen LogP contribution < -0.4 is 10.1 Å². The predicted octanol–water partition coefficient (Wildman–Crippen LogP) is 3.47. The number of hydrogen-bond acceptors (Lipinski definition) is 4. The van der Waals surface area contributed by atoms with E-state index in [-0.39, 0.29) is 17.3 Å². The van der Waals surface area contributed by atoms with Crippen LogP contribution in [-0.2, 0) is 6.42 Å². The molecule has 2 aliphatic rings. The van der Waals surface area contributed by atoms with Crippen LogP contribution in [0.2, 0.25) is 0 Å². The maximum absolute atomic E-state index is 14.4. The molecule has 5 rings (SSSR count). The van der Waals surface area contributed by atoms with E-state index in [0.717, 1.165) is 30.2 Å². The molecule has 0 aliphatic heterocycles. The van der Waals surface area contributed by atoms with Crippen molar-refractivity contribution in [1.82, 2.24) is 14.8 Å². The summed E-state index contributed by atoms with van der Waals surface area (Å²) in [7, 11) is 1.47. The van der Waals surface area contributed by atoms with E-state index in [9.17, 15) is 13.6 Å². The van der Waals surface area contributed by atoms with Gasteiger partial charge in [-0.3, -0.25) is 4.79 Å². The van der Waals surface area contributed by atoms with Crippen LogP contribution in [-0.4, -0.2) is 27.8 Å². The monoisotopic (exact) mass is 382 g/mol. The van der Waals surface area contributed by atoms with Gasteiger partial charge in [-0.25, -0.2) is 18.4 Å². The van der Waals surface area contributed by atoms with Crippen LogP contribution in [0.1, 0.15) is 34.1 Å². The van der Waals surface area contributed by atoms with Gasteiger partial charge in [-0.1, -0.05) is 0 Å². The van der Waals surface area contributed by atoms with Gasteiger partial charge in [-0.15, -0.1) is 0 Å². The highest BCUT2D eigenvalue weighted by Gasteiger charge is 2.50. The van der Waals surface area contributed by atoms with Crippen molar-refractivity contribution in [3.05, 3.63) is 65.1 Å². The molecule has 0 spiro atoms. The van der Waals surface area contributed by atoms with Gasteiger partial charge in [0.1, 0.15) is 17.2 Å². The third-order valence-corrected chi connectivity index (χ3v) is 5.33. The zero-order valence-corrected chi connectivity index (χ0v) is 14.9. The van der Waals surface area contributed by atoms with Gasteiger partial charge in [-0.05, 0) is 43.0 Å². The van der Waals surface area contributed by atoms with Crippen molar-refractivity contribution in [2.45, 2.75) is 18.8 Å². The summed E-state index contributed by atoms with van der Waals surface area (Å²) in [4.78, 5) is 17.0. The van der Waals surface area contributed by atoms with Gasteiger partial charge in [0.15, 0.2) is 11.5 Å². The maximum Gasteiger partial charge on any atom is 0.276 e. The van der Waals surface area contributed by atoms with Gasteiger partial charge in [0.25, 0.3) is 5.91 Å². The Morgan fingerprint density at radius 1 is 1.32 bits per heavy atom. The van der Waals surface area contributed by atoms with Gasteiger partial charge in [-0.2, -0.15) is 5.10 Å². The number of amides is 1. The number of nitrogens with one attached hydrogen (secondary N) is 1. The molecule has 1 aromatic carbocycles. The first-order chi connectivity index (χ1) is 13.6. The Morgan fingerprint density at radius 3 is 2.96 bits per heavy atom. The lowest BCUT2D eigenvalue weighted by molar-refractivity contribution is 0.102. The van der Waals surface area contributed by atoms with Crippen LogP contribution in [0, 0.1) is 17.6 Å². The van der Waals surface area contributed by atoms with Crippen molar-refractivity contribution in [3.8, 4) is 11.6 Å². The van der Waals surface area contributed by atoms with Crippen LogP contribution in [0.4, 0.5) is 14.5 Å². The summed E-state index contributed by atoms with van der Waals surface area (Å²) in [6.07, 6.45) is 3.29. The van der Waals surface area contributed by atoms with E-state index in [0.29, 0.717) is 17.5 Å². The summed E-state index contributed by atoms with van der Waals surface area (Å²) in [6, 6.07) is 6.72. The third-order valence-electron chi connectivity index (χ3n) is 5.33. The van der Waals surface area contributed by atoms with Gasteiger partial charge >= 0.3 is 0 Å². The summed E-state index contributed by atoms with van der Waals surface area (Å²) < 4.78 is 34.3. The molecule has 1 amide bonds. The highest BCUT2D eigenvalue weighted by molar-refractivity contribution is 6.05. The molecule has 6 nitrogen and oxygen atoms in total. The summed E-state index contributed by atoms with van der Waals surface area (Å²) >= 11 is 0. The molecule has 0 saturated heterocycles. The van der Waals surface area contributed by atoms with E-state index in [1.807, 2.05) is 0 Å². The Morgan fingerprint density at radius 2 is 2.18 bits per heavy atom. The number of nitrogens with zero attached hydrogens (tertiary/aromatic N) is 3. The predicted molar refractivity (Wildman–Crippen MR) is 96.8 cm³/mol. The smallest absolute Gasteiger partial charge is 0.276 e. The average Bonchev–Trinajstić information content (AvgIpc) is 3.18. The van der Waals surface area contributed by atoms with Crippen LogP contribution in [0.15, 0.2) is 36.5 Å². The molecule has 1 fully saturated rings. The molecule has 2 aromatic heterocycles. The minimum absolute atomic E-state index is 0.142. The molecule has 0 radical (unpaired) electrons. The van der Waals surface area contributed by atoms with Crippen molar-refractivity contribution < 1.29 is 18.3 Å². The number of methoxy groups -OCH3 is 1. The SMILES string of the molecule is COc1ncccc1NC(=O)c1nn(-c2ccc(F)cc2F)c2c1C[C@H]1C[C@@H]21. The largest absolute Gasteiger partial charge is 0.480 e. The zero-order valence-electron chi connectivity index (χ0n) is 14.9. The number of carbonyl (C=O) groups excluding carboxylic acids is 1. The number of anilines is 1. The van der Waals surface area contributed by atoms with Crippen molar-refractivity contribution in [2.75, 3.05) is 12.4 Å².